The van der Waals surface area contributed by atoms with Gasteiger partial charge in [-0.1, -0.05) is 25.1 Å². The summed E-state index contributed by atoms with van der Waals surface area (Å²) in [4.78, 5) is 24.5. The van der Waals surface area contributed by atoms with E-state index in [4.69, 9.17) is 0 Å². The smallest absolute Gasteiger partial charge is 0.246 e. The number of para-hydroxylation sites is 1. The molecule has 0 aliphatic carbocycles. The van der Waals surface area contributed by atoms with Gasteiger partial charge in [-0.05, 0) is 30.9 Å². The predicted octanol–water partition coefficient (Wildman–Crippen LogP) is 2.39. The Kier molecular flexibility index (Phi) is 6.81. The Morgan fingerprint density at radius 3 is 2.96 bits per heavy atom. The lowest BCUT2D eigenvalue weighted by Gasteiger charge is -2.29. The highest BCUT2D eigenvalue weighted by atomic mass is 32.1. The Bertz CT molecular complexity index is 801. The molecule has 0 saturated heterocycles. The van der Waals surface area contributed by atoms with Crippen LogP contribution in [0.4, 0.5) is 5.69 Å². The molecular formula is C20H27N5OS. The van der Waals surface area contributed by atoms with Crippen LogP contribution in [0.25, 0.3) is 0 Å². The molecule has 1 amide bonds. The fourth-order valence-electron chi connectivity index (χ4n) is 3.18. The topological polar surface area (TPSA) is 69.6 Å². The summed E-state index contributed by atoms with van der Waals surface area (Å²) in [5.74, 6) is 0.707. The summed E-state index contributed by atoms with van der Waals surface area (Å²) in [5.41, 5.74) is 2.28. The van der Waals surface area contributed by atoms with Gasteiger partial charge in [-0.3, -0.25) is 9.79 Å². The second-order valence-corrected chi connectivity index (χ2v) is 7.65. The number of hydrogen-bond donors (Lipinski definition) is 2. The monoisotopic (exact) mass is 385 g/mol. The third-order valence-corrected chi connectivity index (χ3v) is 5.82. The van der Waals surface area contributed by atoms with Gasteiger partial charge in [-0.15, -0.1) is 11.3 Å². The number of aliphatic imine (C=N–C) groups is 1. The van der Waals surface area contributed by atoms with Crippen LogP contribution in [-0.4, -0.2) is 43.5 Å². The van der Waals surface area contributed by atoms with Crippen molar-refractivity contribution in [1.29, 1.82) is 0 Å². The molecule has 2 N–H and O–H groups in total. The van der Waals surface area contributed by atoms with E-state index in [9.17, 15) is 4.79 Å². The van der Waals surface area contributed by atoms with Gasteiger partial charge in [0, 0.05) is 43.3 Å². The van der Waals surface area contributed by atoms with Crippen molar-refractivity contribution in [2.75, 3.05) is 31.6 Å². The average Bonchev–Trinajstić information content (AvgIpc) is 3.18. The van der Waals surface area contributed by atoms with Gasteiger partial charge < -0.3 is 15.5 Å². The lowest BCUT2D eigenvalue weighted by atomic mass is 10.0. The van der Waals surface area contributed by atoms with Crippen LogP contribution in [0, 0.1) is 0 Å². The summed E-state index contributed by atoms with van der Waals surface area (Å²) in [6, 6.07) is 8.15. The third kappa shape index (κ3) is 5.07. The van der Waals surface area contributed by atoms with Gasteiger partial charge in [-0.2, -0.15) is 0 Å². The number of nitrogens with zero attached hydrogens (tertiary/aromatic N) is 3. The van der Waals surface area contributed by atoms with Crippen LogP contribution in [0.1, 0.15) is 28.8 Å². The minimum absolute atomic E-state index is 0.0672. The number of amides is 1. The normalized spacial score (nSPS) is 14.0. The van der Waals surface area contributed by atoms with E-state index >= 15 is 0 Å². The second-order valence-electron chi connectivity index (χ2n) is 6.45. The van der Waals surface area contributed by atoms with Gasteiger partial charge in [0.25, 0.3) is 0 Å². The number of thiazole rings is 1. The zero-order valence-corrected chi connectivity index (χ0v) is 16.8. The highest BCUT2D eigenvalue weighted by Crippen LogP contribution is 2.26. The Morgan fingerprint density at radius 2 is 2.19 bits per heavy atom. The lowest BCUT2D eigenvalue weighted by Crippen LogP contribution is -2.46. The number of guanidine groups is 1. The predicted molar refractivity (Wildman–Crippen MR) is 112 cm³/mol. The molecule has 1 aliphatic heterocycles. The molecule has 1 aromatic heterocycles. The molecule has 0 radical (unpaired) electrons. The third-order valence-electron chi connectivity index (χ3n) is 4.62. The maximum Gasteiger partial charge on any atom is 0.246 e. The summed E-state index contributed by atoms with van der Waals surface area (Å²) in [7, 11) is 1.72. The van der Waals surface area contributed by atoms with E-state index in [-0.39, 0.29) is 12.5 Å². The second kappa shape index (κ2) is 9.50. The van der Waals surface area contributed by atoms with E-state index in [2.05, 4.69) is 33.6 Å². The van der Waals surface area contributed by atoms with Crippen molar-refractivity contribution in [2.45, 2.75) is 32.6 Å². The number of aromatic nitrogens is 1. The minimum atomic E-state index is 0.0672. The number of fused-ring (bicyclic) bond motifs is 1. The van der Waals surface area contributed by atoms with Crippen molar-refractivity contribution in [1.82, 2.24) is 15.6 Å². The lowest BCUT2D eigenvalue weighted by molar-refractivity contribution is -0.117. The number of aryl methyl sites for hydroxylation is 2. The Morgan fingerprint density at radius 1 is 1.33 bits per heavy atom. The molecule has 0 fully saturated rings. The minimum Gasteiger partial charge on any atom is -0.356 e. The van der Waals surface area contributed by atoms with Gasteiger partial charge in [0.15, 0.2) is 5.96 Å². The number of benzene rings is 1. The zero-order valence-electron chi connectivity index (χ0n) is 16.0. The van der Waals surface area contributed by atoms with E-state index in [1.807, 2.05) is 29.3 Å². The molecule has 27 heavy (non-hydrogen) atoms. The van der Waals surface area contributed by atoms with Crippen molar-refractivity contribution < 1.29 is 4.79 Å². The van der Waals surface area contributed by atoms with E-state index in [0.29, 0.717) is 5.96 Å². The maximum absolute atomic E-state index is 12.7. The Hall–Kier alpha value is -2.41. The zero-order chi connectivity index (χ0) is 19.1. The molecule has 2 heterocycles. The van der Waals surface area contributed by atoms with Crippen LogP contribution in [0.15, 0.2) is 35.5 Å². The first-order valence-electron chi connectivity index (χ1n) is 9.47. The van der Waals surface area contributed by atoms with Crippen molar-refractivity contribution in [3.63, 3.8) is 0 Å². The van der Waals surface area contributed by atoms with Gasteiger partial charge >= 0.3 is 0 Å². The van der Waals surface area contributed by atoms with Gasteiger partial charge in [0.1, 0.15) is 0 Å². The molecule has 0 saturated carbocycles. The summed E-state index contributed by atoms with van der Waals surface area (Å²) in [5, 5.41) is 7.51. The number of anilines is 1. The van der Waals surface area contributed by atoms with E-state index < -0.39 is 0 Å². The van der Waals surface area contributed by atoms with E-state index in [0.717, 1.165) is 49.5 Å². The summed E-state index contributed by atoms with van der Waals surface area (Å²) in [6.07, 6.45) is 5.85. The fourth-order valence-corrected chi connectivity index (χ4v) is 4.04. The summed E-state index contributed by atoms with van der Waals surface area (Å²) < 4.78 is 0. The molecule has 0 bridgehead atoms. The van der Waals surface area contributed by atoms with Gasteiger partial charge in [0.05, 0.1) is 11.6 Å². The largest absolute Gasteiger partial charge is 0.356 e. The number of hydrogen-bond acceptors (Lipinski definition) is 4. The molecule has 2 aromatic rings. The van der Waals surface area contributed by atoms with Crippen LogP contribution >= 0.6 is 11.3 Å². The maximum atomic E-state index is 12.7. The first-order valence-corrected chi connectivity index (χ1v) is 10.3. The van der Waals surface area contributed by atoms with Crippen LogP contribution in [0.5, 0.6) is 0 Å². The highest BCUT2D eigenvalue weighted by Gasteiger charge is 2.21. The summed E-state index contributed by atoms with van der Waals surface area (Å²) >= 11 is 1.75. The summed E-state index contributed by atoms with van der Waals surface area (Å²) in [6.45, 7) is 3.87. The van der Waals surface area contributed by atoms with Gasteiger partial charge in [-0.25, -0.2) is 4.98 Å². The Balaban J connectivity index is 1.47. The average molecular weight is 386 g/mol. The molecule has 0 atom stereocenters. The molecular weight excluding hydrogens is 358 g/mol. The Labute approximate surface area is 164 Å². The quantitative estimate of drug-likeness (QED) is 0.592. The van der Waals surface area contributed by atoms with Crippen LogP contribution in [0.2, 0.25) is 0 Å². The molecule has 1 aliphatic rings. The number of nitrogens with one attached hydrogen (secondary N) is 2. The molecule has 0 spiro atoms. The van der Waals surface area contributed by atoms with Crippen LogP contribution in [0.3, 0.4) is 0 Å². The molecule has 144 valence electrons. The number of rotatable bonds is 6. The van der Waals surface area contributed by atoms with Crippen molar-refractivity contribution in [2.24, 2.45) is 4.99 Å². The molecule has 6 nitrogen and oxygen atoms in total. The van der Waals surface area contributed by atoms with E-state index in [1.54, 1.807) is 18.4 Å². The van der Waals surface area contributed by atoms with Crippen molar-refractivity contribution >= 4 is 28.9 Å². The SMILES string of the molecule is CCc1cnc(CCNC(=NC)NCC(=O)N2CCCc3ccccc32)s1. The van der Waals surface area contributed by atoms with Crippen LogP contribution in [-0.2, 0) is 24.1 Å². The molecule has 0 unspecified atom stereocenters. The highest BCUT2D eigenvalue weighted by molar-refractivity contribution is 7.11. The fraction of sp³-hybridized carbons (Fsp3) is 0.450. The van der Waals surface area contributed by atoms with Crippen molar-refractivity contribution in [3.8, 4) is 0 Å². The first-order chi connectivity index (χ1) is 13.2. The first kappa shape index (κ1) is 19.4. The standard InChI is InChI=1S/C20H27N5OS/c1-3-16-13-23-18(27-16)10-11-22-20(21-2)24-14-19(26)25-12-6-8-15-7-4-5-9-17(15)25/h4-5,7,9,13H,3,6,8,10-12,14H2,1-2H3,(H2,21,22,24). The van der Waals surface area contributed by atoms with E-state index in [1.165, 1.54) is 10.4 Å². The van der Waals surface area contributed by atoms with Crippen LogP contribution < -0.4 is 15.5 Å². The van der Waals surface area contributed by atoms with Crippen molar-refractivity contribution in [3.05, 3.63) is 45.9 Å². The van der Waals surface area contributed by atoms with Gasteiger partial charge in [0.2, 0.25) is 5.91 Å². The molecule has 1 aromatic carbocycles. The number of carbonyl (C=O) groups is 1. The molecule has 3 rings (SSSR count). The molecule has 7 heteroatoms. The number of carbonyl (C=O) groups excluding carboxylic acids is 1.